The molecule has 4 aromatic rings. The number of para-hydroxylation sites is 1. The van der Waals surface area contributed by atoms with E-state index in [1.807, 2.05) is 67.5 Å². The van der Waals surface area contributed by atoms with Crippen LogP contribution >= 0.6 is 11.8 Å². The van der Waals surface area contributed by atoms with Crippen molar-refractivity contribution in [3.63, 3.8) is 0 Å². The lowest BCUT2D eigenvalue weighted by Gasteiger charge is -2.13. The Bertz CT molecular complexity index is 1110. The second-order valence-electron chi connectivity index (χ2n) is 6.23. The number of carbonyl (C=O) groups excluding carboxylic acids is 1. The van der Waals surface area contributed by atoms with Gasteiger partial charge in [-0.25, -0.2) is 9.97 Å². The van der Waals surface area contributed by atoms with Crippen LogP contribution in [0.2, 0.25) is 0 Å². The van der Waals surface area contributed by atoms with E-state index in [1.165, 1.54) is 18.1 Å². The molecule has 1 amide bonds. The van der Waals surface area contributed by atoms with Crippen molar-refractivity contribution in [1.29, 1.82) is 0 Å². The molecule has 1 N–H and O–H groups in total. The third kappa shape index (κ3) is 3.59. The minimum Gasteiger partial charge on any atom is -0.451 e. The SMILES string of the molecule is CN(C)c1ccc(NC(=O)CSc2ncnc3c2oc2ccccc23)cc1. The predicted molar refractivity (Wildman–Crippen MR) is 109 cm³/mol. The molecule has 0 radical (unpaired) electrons. The number of thioether (sulfide) groups is 1. The fourth-order valence-electron chi connectivity index (χ4n) is 2.78. The number of fused-ring (bicyclic) bond motifs is 3. The monoisotopic (exact) mass is 378 g/mol. The highest BCUT2D eigenvalue weighted by Gasteiger charge is 2.14. The lowest BCUT2D eigenvalue weighted by Crippen LogP contribution is -2.14. The van der Waals surface area contributed by atoms with Crippen molar-refractivity contribution in [1.82, 2.24) is 9.97 Å². The van der Waals surface area contributed by atoms with Crippen LogP contribution in [0.4, 0.5) is 11.4 Å². The van der Waals surface area contributed by atoms with Gasteiger partial charge < -0.3 is 14.6 Å². The molecule has 7 heteroatoms. The number of benzene rings is 2. The Hall–Kier alpha value is -3.06. The number of nitrogens with zero attached hydrogens (tertiary/aromatic N) is 3. The zero-order valence-electron chi connectivity index (χ0n) is 15.0. The van der Waals surface area contributed by atoms with Crippen LogP contribution in [-0.2, 0) is 4.79 Å². The third-order valence-electron chi connectivity index (χ3n) is 4.13. The Morgan fingerprint density at radius 2 is 1.89 bits per heavy atom. The van der Waals surface area contributed by atoms with Gasteiger partial charge in [0.1, 0.15) is 22.5 Å². The van der Waals surface area contributed by atoms with Crippen molar-refractivity contribution in [3.05, 3.63) is 54.9 Å². The molecule has 2 aromatic carbocycles. The summed E-state index contributed by atoms with van der Waals surface area (Å²) in [6.45, 7) is 0. The first-order valence-corrected chi connectivity index (χ1v) is 9.42. The lowest BCUT2D eigenvalue weighted by molar-refractivity contribution is -0.113. The molecule has 0 spiro atoms. The number of carbonyl (C=O) groups is 1. The van der Waals surface area contributed by atoms with Gasteiger partial charge >= 0.3 is 0 Å². The smallest absolute Gasteiger partial charge is 0.234 e. The summed E-state index contributed by atoms with van der Waals surface area (Å²) in [6, 6.07) is 15.4. The van der Waals surface area contributed by atoms with E-state index in [9.17, 15) is 4.79 Å². The topological polar surface area (TPSA) is 71.3 Å². The number of amides is 1. The minimum absolute atomic E-state index is 0.0968. The van der Waals surface area contributed by atoms with Gasteiger partial charge in [0.15, 0.2) is 5.58 Å². The average molecular weight is 378 g/mol. The number of aromatic nitrogens is 2. The van der Waals surface area contributed by atoms with E-state index in [1.54, 1.807) is 0 Å². The van der Waals surface area contributed by atoms with Crippen molar-refractivity contribution in [2.75, 3.05) is 30.1 Å². The molecule has 0 bridgehead atoms. The molecule has 2 aromatic heterocycles. The number of hydrogen-bond donors (Lipinski definition) is 1. The lowest BCUT2D eigenvalue weighted by atomic mass is 10.2. The van der Waals surface area contributed by atoms with E-state index in [4.69, 9.17) is 4.42 Å². The van der Waals surface area contributed by atoms with E-state index < -0.39 is 0 Å². The van der Waals surface area contributed by atoms with Crippen molar-refractivity contribution in [2.45, 2.75) is 5.03 Å². The number of rotatable bonds is 5. The highest BCUT2D eigenvalue weighted by Crippen LogP contribution is 2.32. The number of anilines is 2. The summed E-state index contributed by atoms with van der Waals surface area (Å²) >= 11 is 1.34. The molecule has 136 valence electrons. The summed E-state index contributed by atoms with van der Waals surface area (Å²) in [5.41, 5.74) is 3.99. The maximum Gasteiger partial charge on any atom is 0.234 e. The fourth-order valence-corrected chi connectivity index (χ4v) is 3.51. The average Bonchev–Trinajstić information content (AvgIpc) is 3.06. The Morgan fingerprint density at radius 1 is 1.11 bits per heavy atom. The molecule has 0 fully saturated rings. The van der Waals surface area contributed by atoms with Crippen LogP contribution in [-0.4, -0.2) is 35.7 Å². The highest BCUT2D eigenvalue weighted by molar-refractivity contribution is 8.00. The predicted octanol–water partition coefficient (Wildman–Crippen LogP) is 4.17. The van der Waals surface area contributed by atoms with Crippen LogP contribution in [0.3, 0.4) is 0 Å². The third-order valence-corrected chi connectivity index (χ3v) is 5.10. The zero-order valence-corrected chi connectivity index (χ0v) is 15.8. The second-order valence-corrected chi connectivity index (χ2v) is 7.20. The van der Waals surface area contributed by atoms with Crippen LogP contribution in [0.5, 0.6) is 0 Å². The normalized spacial score (nSPS) is 11.0. The fraction of sp³-hybridized carbons (Fsp3) is 0.150. The van der Waals surface area contributed by atoms with E-state index in [0.29, 0.717) is 10.6 Å². The molecule has 4 rings (SSSR count). The maximum atomic E-state index is 12.3. The Labute approximate surface area is 160 Å². The van der Waals surface area contributed by atoms with E-state index >= 15 is 0 Å². The van der Waals surface area contributed by atoms with Gasteiger partial charge in [-0.15, -0.1) is 0 Å². The summed E-state index contributed by atoms with van der Waals surface area (Å²) in [4.78, 5) is 22.9. The van der Waals surface area contributed by atoms with Gasteiger partial charge in [-0.3, -0.25) is 4.79 Å². The van der Waals surface area contributed by atoms with Crippen molar-refractivity contribution < 1.29 is 9.21 Å². The number of nitrogens with one attached hydrogen (secondary N) is 1. The molecule has 0 aliphatic rings. The van der Waals surface area contributed by atoms with Gasteiger partial charge in [0.25, 0.3) is 0 Å². The van der Waals surface area contributed by atoms with Gasteiger partial charge in [-0.1, -0.05) is 23.9 Å². The Morgan fingerprint density at radius 3 is 2.67 bits per heavy atom. The van der Waals surface area contributed by atoms with Gasteiger partial charge in [0, 0.05) is 30.9 Å². The Kier molecular flexibility index (Phi) is 4.68. The first kappa shape index (κ1) is 17.4. The van der Waals surface area contributed by atoms with E-state index in [2.05, 4.69) is 15.3 Å². The Balaban J connectivity index is 1.47. The van der Waals surface area contributed by atoms with Crippen molar-refractivity contribution >= 4 is 51.1 Å². The van der Waals surface area contributed by atoms with Crippen molar-refractivity contribution in [3.8, 4) is 0 Å². The molecule has 0 saturated carbocycles. The molecule has 0 aliphatic heterocycles. The molecule has 0 atom stereocenters. The molecule has 0 unspecified atom stereocenters. The molecule has 2 heterocycles. The molecular weight excluding hydrogens is 360 g/mol. The summed E-state index contributed by atoms with van der Waals surface area (Å²) in [5, 5.41) is 4.51. The molecular formula is C20H18N4O2S. The molecule has 0 saturated heterocycles. The molecule has 6 nitrogen and oxygen atoms in total. The van der Waals surface area contributed by atoms with E-state index in [-0.39, 0.29) is 11.7 Å². The summed E-state index contributed by atoms with van der Waals surface area (Å²) in [6.07, 6.45) is 1.50. The maximum absolute atomic E-state index is 12.3. The van der Waals surface area contributed by atoms with Gasteiger partial charge in [0.2, 0.25) is 5.91 Å². The van der Waals surface area contributed by atoms with Crippen molar-refractivity contribution in [2.24, 2.45) is 0 Å². The number of furan rings is 1. The molecule has 0 aliphatic carbocycles. The number of hydrogen-bond acceptors (Lipinski definition) is 6. The standard InChI is InChI=1S/C20H18N4O2S/c1-24(2)14-9-7-13(8-10-14)23-17(25)11-27-20-19-18(21-12-22-20)15-5-3-4-6-16(15)26-19/h3-10,12H,11H2,1-2H3,(H,23,25). The van der Waals surface area contributed by atoms with Gasteiger partial charge in [-0.05, 0) is 36.4 Å². The quantitative estimate of drug-likeness (QED) is 0.415. The van der Waals surface area contributed by atoms with Crippen LogP contribution in [0, 0.1) is 0 Å². The minimum atomic E-state index is -0.0968. The summed E-state index contributed by atoms with van der Waals surface area (Å²) < 4.78 is 5.89. The van der Waals surface area contributed by atoms with E-state index in [0.717, 1.165) is 27.9 Å². The first-order valence-electron chi connectivity index (χ1n) is 8.44. The van der Waals surface area contributed by atoms with Crippen LogP contribution in [0.15, 0.2) is 64.3 Å². The van der Waals surface area contributed by atoms with Gasteiger partial charge in [0.05, 0.1) is 5.75 Å². The first-order chi connectivity index (χ1) is 13.1. The van der Waals surface area contributed by atoms with Crippen LogP contribution < -0.4 is 10.2 Å². The zero-order chi connectivity index (χ0) is 18.8. The van der Waals surface area contributed by atoms with Gasteiger partial charge in [-0.2, -0.15) is 0 Å². The summed E-state index contributed by atoms with van der Waals surface area (Å²) in [7, 11) is 3.95. The highest BCUT2D eigenvalue weighted by atomic mass is 32.2. The van der Waals surface area contributed by atoms with Crippen LogP contribution in [0.25, 0.3) is 22.1 Å². The van der Waals surface area contributed by atoms with Crippen LogP contribution in [0.1, 0.15) is 0 Å². The molecule has 27 heavy (non-hydrogen) atoms. The second kappa shape index (κ2) is 7.28. The largest absolute Gasteiger partial charge is 0.451 e. The summed E-state index contributed by atoms with van der Waals surface area (Å²) in [5.74, 6) is 0.138.